The van der Waals surface area contributed by atoms with Crippen LogP contribution in [0.25, 0.3) is 0 Å². The summed E-state index contributed by atoms with van der Waals surface area (Å²) in [6.45, 7) is -0.227. The summed E-state index contributed by atoms with van der Waals surface area (Å²) in [4.78, 5) is 23.1. The van der Waals surface area contributed by atoms with Gasteiger partial charge in [0.1, 0.15) is 5.75 Å². The second-order valence-electron chi connectivity index (χ2n) is 4.64. The number of thioether (sulfide) groups is 1. The molecule has 0 bridgehead atoms. The number of amides is 2. The lowest BCUT2D eigenvalue weighted by atomic mass is 10.2. The zero-order valence-electron chi connectivity index (χ0n) is 12.4. The molecule has 0 radical (unpaired) electrons. The van der Waals surface area contributed by atoms with Gasteiger partial charge in [-0.2, -0.15) is 8.78 Å². The fourth-order valence-electron chi connectivity index (χ4n) is 1.78. The highest BCUT2D eigenvalue weighted by molar-refractivity contribution is 7.99. The molecule has 8 heteroatoms. The first-order chi connectivity index (χ1) is 11.4. The quantitative estimate of drug-likeness (QED) is 0.750. The second kappa shape index (κ2) is 8.30. The van der Waals surface area contributed by atoms with Crippen LogP contribution in [-0.4, -0.2) is 24.2 Å². The minimum absolute atomic E-state index is 0.227. The van der Waals surface area contributed by atoms with Crippen molar-refractivity contribution in [3.63, 3.8) is 0 Å². The summed E-state index contributed by atoms with van der Waals surface area (Å²) < 4.78 is 29.6. The molecule has 0 heterocycles. The number of rotatable bonds is 7. The molecule has 3 N–H and O–H groups in total. The molecular formula is C16H14F2N2O3S. The molecule has 0 aromatic heterocycles. The molecular weight excluding hydrogens is 338 g/mol. The van der Waals surface area contributed by atoms with Gasteiger partial charge >= 0.3 is 0 Å². The van der Waals surface area contributed by atoms with Crippen LogP contribution in [0.15, 0.2) is 53.4 Å². The summed E-state index contributed by atoms with van der Waals surface area (Å²) in [5.74, 6) is -3.00. The Morgan fingerprint density at radius 1 is 1.08 bits per heavy atom. The zero-order chi connectivity index (χ0) is 17.5. The van der Waals surface area contributed by atoms with Crippen LogP contribution in [0.3, 0.4) is 0 Å². The number of benzene rings is 2. The van der Waals surface area contributed by atoms with E-state index < -0.39 is 11.7 Å². The molecule has 24 heavy (non-hydrogen) atoms. The van der Waals surface area contributed by atoms with Gasteiger partial charge in [0.25, 0.3) is 17.6 Å². The van der Waals surface area contributed by atoms with Gasteiger partial charge in [-0.3, -0.25) is 9.59 Å². The van der Waals surface area contributed by atoms with Gasteiger partial charge in [-0.25, -0.2) is 0 Å². The van der Waals surface area contributed by atoms with Gasteiger partial charge in [0.2, 0.25) is 0 Å². The first-order valence-corrected chi connectivity index (χ1v) is 7.69. The second-order valence-corrected chi connectivity index (χ2v) is 5.70. The molecule has 0 aliphatic rings. The number of carbonyl (C=O) groups is 2. The number of hydrogen-bond donors (Lipinski definition) is 2. The summed E-state index contributed by atoms with van der Waals surface area (Å²) >= 11 is 0.419. The van der Waals surface area contributed by atoms with Gasteiger partial charge in [-0.05, 0) is 48.5 Å². The third-order valence-electron chi connectivity index (χ3n) is 2.83. The monoisotopic (exact) mass is 352 g/mol. The molecule has 0 fully saturated rings. The normalized spacial score (nSPS) is 10.5. The number of nitrogens with one attached hydrogen (secondary N) is 1. The minimum atomic E-state index is -2.50. The van der Waals surface area contributed by atoms with E-state index in [0.29, 0.717) is 33.7 Å². The van der Waals surface area contributed by atoms with E-state index in [2.05, 4.69) is 5.32 Å². The smallest absolute Gasteiger partial charge is 0.288 e. The van der Waals surface area contributed by atoms with Crippen LogP contribution >= 0.6 is 11.8 Å². The third kappa shape index (κ3) is 5.54. The summed E-state index contributed by atoms with van der Waals surface area (Å²) in [7, 11) is 0. The van der Waals surface area contributed by atoms with Crippen molar-refractivity contribution >= 4 is 29.3 Å². The van der Waals surface area contributed by atoms with E-state index in [1.807, 2.05) is 0 Å². The fourth-order valence-corrected chi connectivity index (χ4v) is 2.28. The van der Waals surface area contributed by atoms with Crippen LogP contribution in [0, 0.1) is 0 Å². The Hall–Kier alpha value is -2.61. The van der Waals surface area contributed by atoms with Gasteiger partial charge in [-0.15, -0.1) is 0 Å². The standard InChI is InChI=1S/C16H14F2N2O3S/c17-16(18)24-13-7-1-10(2-8-13)15(22)20-11-3-5-12(6-4-11)23-9-14(19)21/h1-8,16H,9H2,(H2,19,21)(H,20,22). The van der Waals surface area contributed by atoms with Gasteiger partial charge in [0, 0.05) is 16.1 Å². The summed E-state index contributed by atoms with van der Waals surface area (Å²) in [5.41, 5.74) is 5.85. The van der Waals surface area contributed by atoms with Gasteiger partial charge < -0.3 is 15.8 Å². The van der Waals surface area contributed by atoms with Crippen molar-refractivity contribution in [2.75, 3.05) is 11.9 Å². The number of anilines is 1. The number of nitrogens with two attached hydrogens (primary N) is 1. The van der Waals surface area contributed by atoms with E-state index in [0.717, 1.165) is 0 Å². The Kier molecular flexibility index (Phi) is 6.14. The first-order valence-electron chi connectivity index (χ1n) is 6.81. The summed E-state index contributed by atoms with van der Waals surface area (Å²) in [6.07, 6.45) is 0. The van der Waals surface area contributed by atoms with Crippen molar-refractivity contribution in [2.45, 2.75) is 10.7 Å². The van der Waals surface area contributed by atoms with Crippen LogP contribution in [0.5, 0.6) is 5.75 Å². The van der Waals surface area contributed by atoms with Gasteiger partial charge in [0.15, 0.2) is 6.61 Å². The van der Waals surface area contributed by atoms with E-state index in [4.69, 9.17) is 10.5 Å². The SMILES string of the molecule is NC(=O)COc1ccc(NC(=O)c2ccc(SC(F)F)cc2)cc1. The van der Waals surface area contributed by atoms with E-state index in [1.54, 1.807) is 24.3 Å². The molecule has 0 saturated carbocycles. The largest absolute Gasteiger partial charge is 0.484 e. The third-order valence-corrected chi connectivity index (χ3v) is 3.56. The van der Waals surface area contributed by atoms with Crippen molar-refractivity contribution in [3.8, 4) is 5.75 Å². The lowest BCUT2D eigenvalue weighted by Crippen LogP contribution is -2.20. The molecule has 5 nitrogen and oxygen atoms in total. The van der Waals surface area contributed by atoms with Crippen LogP contribution in [0.1, 0.15) is 10.4 Å². The Balaban J connectivity index is 1.95. The van der Waals surface area contributed by atoms with E-state index in [9.17, 15) is 18.4 Å². The number of alkyl halides is 2. The lowest BCUT2D eigenvalue weighted by Gasteiger charge is -2.08. The first kappa shape index (κ1) is 17.7. The Bertz CT molecular complexity index is 706. The van der Waals surface area contributed by atoms with Crippen molar-refractivity contribution in [3.05, 3.63) is 54.1 Å². The molecule has 126 valence electrons. The number of ether oxygens (including phenoxy) is 1. The molecule has 0 unspecified atom stereocenters. The predicted octanol–water partition coefficient (Wildman–Crippen LogP) is 3.12. The maximum atomic E-state index is 12.2. The molecule has 2 amide bonds. The molecule has 2 rings (SSSR count). The highest BCUT2D eigenvalue weighted by atomic mass is 32.2. The van der Waals surface area contributed by atoms with Crippen molar-refractivity contribution in [1.29, 1.82) is 0 Å². The van der Waals surface area contributed by atoms with Crippen molar-refractivity contribution < 1.29 is 23.1 Å². The number of halogens is 2. The Morgan fingerprint density at radius 2 is 1.71 bits per heavy atom. The van der Waals surface area contributed by atoms with Crippen molar-refractivity contribution in [1.82, 2.24) is 0 Å². The molecule has 2 aromatic rings. The average molecular weight is 352 g/mol. The van der Waals surface area contributed by atoms with Crippen molar-refractivity contribution in [2.24, 2.45) is 5.73 Å². The Labute approximate surface area is 141 Å². The highest BCUT2D eigenvalue weighted by Gasteiger charge is 2.09. The molecule has 0 aliphatic heterocycles. The van der Waals surface area contributed by atoms with E-state index >= 15 is 0 Å². The Morgan fingerprint density at radius 3 is 2.25 bits per heavy atom. The predicted molar refractivity (Wildman–Crippen MR) is 87.4 cm³/mol. The maximum Gasteiger partial charge on any atom is 0.288 e. The highest BCUT2D eigenvalue weighted by Crippen LogP contribution is 2.25. The minimum Gasteiger partial charge on any atom is -0.484 e. The van der Waals surface area contributed by atoms with Crippen LogP contribution in [0.4, 0.5) is 14.5 Å². The number of primary amides is 1. The molecule has 0 atom stereocenters. The van der Waals surface area contributed by atoms with Crippen LogP contribution in [-0.2, 0) is 4.79 Å². The molecule has 0 spiro atoms. The van der Waals surface area contributed by atoms with Crippen LogP contribution < -0.4 is 15.8 Å². The van der Waals surface area contributed by atoms with E-state index in [-0.39, 0.29) is 12.5 Å². The topological polar surface area (TPSA) is 81.4 Å². The van der Waals surface area contributed by atoms with Crippen LogP contribution in [0.2, 0.25) is 0 Å². The number of carbonyl (C=O) groups excluding carboxylic acids is 2. The maximum absolute atomic E-state index is 12.2. The number of hydrogen-bond acceptors (Lipinski definition) is 4. The van der Waals surface area contributed by atoms with E-state index in [1.165, 1.54) is 24.3 Å². The van der Waals surface area contributed by atoms with Gasteiger partial charge in [-0.1, -0.05) is 11.8 Å². The fraction of sp³-hybridized carbons (Fsp3) is 0.125. The molecule has 0 aliphatic carbocycles. The van der Waals surface area contributed by atoms with Gasteiger partial charge in [0.05, 0.1) is 0 Å². The molecule has 2 aromatic carbocycles. The molecule has 0 saturated heterocycles. The lowest BCUT2D eigenvalue weighted by molar-refractivity contribution is -0.119. The summed E-state index contributed by atoms with van der Waals surface area (Å²) in [5, 5.41) is 2.67. The average Bonchev–Trinajstić information content (AvgIpc) is 2.54. The zero-order valence-corrected chi connectivity index (χ0v) is 13.2. The summed E-state index contributed by atoms with van der Waals surface area (Å²) in [6, 6.07) is 12.3.